The Labute approximate surface area is 125 Å². The van der Waals surface area contributed by atoms with Gasteiger partial charge in [0.15, 0.2) is 0 Å². The molecule has 118 valence electrons. The van der Waals surface area contributed by atoms with E-state index in [4.69, 9.17) is 4.74 Å². The molecule has 0 amide bonds. The van der Waals surface area contributed by atoms with Crippen molar-refractivity contribution in [2.75, 3.05) is 20.2 Å². The van der Waals surface area contributed by atoms with Crippen LogP contribution in [0.15, 0.2) is 0 Å². The number of methoxy groups -OCH3 is 1. The van der Waals surface area contributed by atoms with Crippen LogP contribution in [0.1, 0.15) is 66.2 Å². The molecule has 1 saturated carbocycles. The molecule has 2 aliphatic rings. The minimum atomic E-state index is 0.258. The van der Waals surface area contributed by atoms with E-state index >= 15 is 0 Å². The number of nitrogens with zero attached hydrogens (tertiary/aromatic N) is 1. The van der Waals surface area contributed by atoms with Crippen molar-refractivity contribution in [3.8, 4) is 0 Å². The van der Waals surface area contributed by atoms with Crippen LogP contribution in [-0.2, 0) is 4.74 Å². The third-order valence-corrected chi connectivity index (χ3v) is 5.87. The summed E-state index contributed by atoms with van der Waals surface area (Å²) in [6.45, 7) is 11.7. The Morgan fingerprint density at radius 1 is 1.20 bits per heavy atom. The van der Waals surface area contributed by atoms with Crippen molar-refractivity contribution < 1.29 is 4.74 Å². The molecular weight excluding hydrogens is 248 g/mol. The summed E-state index contributed by atoms with van der Waals surface area (Å²) < 4.78 is 5.64. The van der Waals surface area contributed by atoms with E-state index in [1.165, 1.54) is 45.1 Å². The molecule has 0 radical (unpaired) electrons. The maximum absolute atomic E-state index is 5.64. The van der Waals surface area contributed by atoms with Crippen LogP contribution in [0.4, 0.5) is 0 Å². The highest BCUT2D eigenvalue weighted by molar-refractivity contribution is 5.03. The van der Waals surface area contributed by atoms with E-state index in [0.29, 0.717) is 17.7 Å². The minimum absolute atomic E-state index is 0.258. The van der Waals surface area contributed by atoms with Crippen LogP contribution in [0, 0.1) is 0 Å². The molecule has 1 aliphatic heterocycles. The summed E-state index contributed by atoms with van der Waals surface area (Å²) in [7, 11) is 1.87. The monoisotopic (exact) mass is 282 g/mol. The quantitative estimate of drug-likeness (QED) is 0.857. The van der Waals surface area contributed by atoms with Crippen LogP contribution < -0.4 is 5.32 Å². The van der Waals surface area contributed by atoms with E-state index < -0.39 is 0 Å². The minimum Gasteiger partial charge on any atom is -0.381 e. The lowest BCUT2D eigenvalue weighted by Gasteiger charge is -2.55. The standard InChI is InChI=1S/C17H34N2O/c1-6-17(7-2)13-19(16(3,4)12-18-17)14-9-8-10-15(11-14)20-5/h14-15,18H,6-13H2,1-5H3. The van der Waals surface area contributed by atoms with Gasteiger partial charge in [-0.25, -0.2) is 0 Å². The molecule has 1 aliphatic carbocycles. The van der Waals surface area contributed by atoms with Crippen molar-refractivity contribution in [3.63, 3.8) is 0 Å². The summed E-state index contributed by atoms with van der Waals surface area (Å²) in [5.41, 5.74) is 0.573. The highest BCUT2D eigenvalue weighted by atomic mass is 16.5. The molecule has 1 heterocycles. The Morgan fingerprint density at radius 2 is 1.90 bits per heavy atom. The molecule has 2 atom stereocenters. The maximum Gasteiger partial charge on any atom is 0.0586 e. The number of nitrogens with one attached hydrogen (secondary N) is 1. The average molecular weight is 282 g/mol. The van der Waals surface area contributed by atoms with Gasteiger partial charge in [0.2, 0.25) is 0 Å². The number of hydrogen-bond donors (Lipinski definition) is 1. The largest absolute Gasteiger partial charge is 0.381 e. The SMILES string of the molecule is CCC1(CC)CN(C2CCCC(OC)C2)C(C)(C)CN1. The van der Waals surface area contributed by atoms with E-state index in [-0.39, 0.29) is 5.54 Å². The molecule has 0 aromatic heterocycles. The van der Waals surface area contributed by atoms with E-state index in [1.54, 1.807) is 0 Å². The van der Waals surface area contributed by atoms with Crippen molar-refractivity contribution in [1.82, 2.24) is 10.2 Å². The van der Waals surface area contributed by atoms with Gasteiger partial charge in [-0.1, -0.05) is 13.8 Å². The lowest BCUT2D eigenvalue weighted by Crippen LogP contribution is -2.70. The van der Waals surface area contributed by atoms with Crippen molar-refractivity contribution in [2.24, 2.45) is 0 Å². The van der Waals surface area contributed by atoms with Gasteiger partial charge in [0, 0.05) is 37.3 Å². The van der Waals surface area contributed by atoms with Crippen LogP contribution in [0.2, 0.25) is 0 Å². The molecule has 0 aromatic carbocycles. The van der Waals surface area contributed by atoms with Crippen molar-refractivity contribution >= 4 is 0 Å². The second-order valence-electron chi connectivity index (χ2n) is 7.46. The van der Waals surface area contributed by atoms with Gasteiger partial charge in [0.25, 0.3) is 0 Å². The molecule has 0 aromatic rings. The van der Waals surface area contributed by atoms with Crippen molar-refractivity contribution in [1.29, 1.82) is 0 Å². The predicted octanol–water partition coefficient (Wildman–Crippen LogP) is 3.19. The molecule has 20 heavy (non-hydrogen) atoms. The Morgan fingerprint density at radius 3 is 2.50 bits per heavy atom. The first-order valence-electron chi connectivity index (χ1n) is 8.51. The van der Waals surface area contributed by atoms with Gasteiger partial charge in [-0.2, -0.15) is 0 Å². The molecule has 3 heteroatoms. The number of hydrogen-bond acceptors (Lipinski definition) is 3. The third kappa shape index (κ3) is 3.20. The third-order valence-electron chi connectivity index (χ3n) is 5.87. The molecule has 1 saturated heterocycles. The Hall–Kier alpha value is -0.120. The van der Waals surface area contributed by atoms with Gasteiger partial charge in [0.05, 0.1) is 6.10 Å². The molecule has 3 nitrogen and oxygen atoms in total. The summed E-state index contributed by atoms with van der Waals surface area (Å²) in [4.78, 5) is 2.79. The van der Waals surface area contributed by atoms with Gasteiger partial charge >= 0.3 is 0 Å². The second-order valence-corrected chi connectivity index (χ2v) is 7.46. The van der Waals surface area contributed by atoms with Gasteiger partial charge in [-0.05, 0) is 52.4 Å². The number of piperazine rings is 1. The molecule has 1 N–H and O–H groups in total. The Kier molecular flexibility index (Phi) is 5.14. The summed E-state index contributed by atoms with van der Waals surface area (Å²) in [5.74, 6) is 0. The Balaban J connectivity index is 2.13. The lowest BCUT2D eigenvalue weighted by molar-refractivity contribution is -0.0472. The molecular formula is C17H34N2O. The maximum atomic E-state index is 5.64. The fourth-order valence-corrected chi connectivity index (χ4v) is 4.07. The van der Waals surface area contributed by atoms with Crippen LogP contribution >= 0.6 is 0 Å². The average Bonchev–Trinajstić information content (AvgIpc) is 2.48. The highest BCUT2D eigenvalue weighted by Crippen LogP contribution is 2.35. The molecule has 2 rings (SSSR count). The highest BCUT2D eigenvalue weighted by Gasteiger charge is 2.44. The van der Waals surface area contributed by atoms with Crippen LogP contribution in [0.5, 0.6) is 0 Å². The molecule has 0 bridgehead atoms. The van der Waals surface area contributed by atoms with Crippen molar-refractivity contribution in [3.05, 3.63) is 0 Å². The van der Waals surface area contributed by atoms with Crippen LogP contribution in [-0.4, -0.2) is 48.3 Å². The number of ether oxygens (including phenoxy) is 1. The smallest absolute Gasteiger partial charge is 0.0586 e. The van der Waals surface area contributed by atoms with E-state index in [9.17, 15) is 0 Å². The first-order chi connectivity index (χ1) is 9.46. The zero-order valence-electron chi connectivity index (χ0n) is 14.2. The zero-order valence-corrected chi connectivity index (χ0v) is 14.2. The van der Waals surface area contributed by atoms with Crippen LogP contribution in [0.3, 0.4) is 0 Å². The Bertz CT molecular complexity index is 312. The summed E-state index contributed by atoms with van der Waals surface area (Å²) >= 11 is 0. The van der Waals surface area contributed by atoms with Gasteiger partial charge in [-0.15, -0.1) is 0 Å². The topological polar surface area (TPSA) is 24.5 Å². The van der Waals surface area contributed by atoms with E-state index in [1.807, 2.05) is 7.11 Å². The first-order valence-corrected chi connectivity index (χ1v) is 8.51. The second kappa shape index (κ2) is 6.33. The first kappa shape index (κ1) is 16.3. The normalized spacial score (nSPS) is 34.0. The van der Waals surface area contributed by atoms with Gasteiger partial charge in [0.1, 0.15) is 0 Å². The fraction of sp³-hybridized carbons (Fsp3) is 1.00. The molecule has 2 unspecified atom stereocenters. The van der Waals surface area contributed by atoms with Crippen LogP contribution in [0.25, 0.3) is 0 Å². The zero-order chi connectivity index (χ0) is 14.8. The molecule has 2 fully saturated rings. The van der Waals surface area contributed by atoms with Crippen molar-refractivity contribution in [2.45, 2.75) is 89.4 Å². The molecule has 0 spiro atoms. The summed E-state index contributed by atoms with van der Waals surface area (Å²) in [6, 6.07) is 0.697. The fourth-order valence-electron chi connectivity index (χ4n) is 4.07. The lowest BCUT2D eigenvalue weighted by atomic mass is 9.81. The number of rotatable bonds is 4. The van der Waals surface area contributed by atoms with Gasteiger partial charge in [-0.3, -0.25) is 4.90 Å². The summed E-state index contributed by atoms with van der Waals surface area (Å²) in [5, 5.41) is 3.84. The predicted molar refractivity (Wildman–Crippen MR) is 85.2 cm³/mol. The van der Waals surface area contributed by atoms with Gasteiger partial charge < -0.3 is 10.1 Å². The van der Waals surface area contributed by atoms with E-state index in [2.05, 4.69) is 37.9 Å². The summed E-state index contributed by atoms with van der Waals surface area (Å²) in [6.07, 6.45) is 8.02. The van der Waals surface area contributed by atoms with E-state index in [0.717, 1.165) is 6.54 Å².